The van der Waals surface area contributed by atoms with Crippen LogP contribution in [0.4, 0.5) is 0 Å². The van der Waals surface area contributed by atoms with Crippen molar-refractivity contribution in [1.82, 2.24) is 4.90 Å². The molecule has 0 aromatic rings. The van der Waals surface area contributed by atoms with Crippen molar-refractivity contribution in [2.24, 2.45) is 23.5 Å². The van der Waals surface area contributed by atoms with Crippen molar-refractivity contribution >= 4 is 0 Å². The number of rotatable bonds is 4. The zero-order valence-electron chi connectivity index (χ0n) is 12.6. The number of hydrogen-bond acceptors (Lipinski definition) is 2. The van der Waals surface area contributed by atoms with E-state index in [-0.39, 0.29) is 0 Å². The molecule has 0 spiro atoms. The van der Waals surface area contributed by atoms with Gasteiger partial charge in [0.15, 0.2) is 0 Å². The molecule has 2 N–H and O–H groups in total. The zero-order valence-corrected chi connectivity index (χ0v) is 12.6. The Kier molecular flexibility index (Phi) is 4.71. The first-order valence-corrected chi connectivity index (χ1v) is 8.09. The number of nitrogens with two attached hydrogens (primary N) is 1. The molecule has 1 saturated heterocycles. The SMILES string of the molecule is CCC1CCCCC1(CN)N1CCC(C(C)C)C1. The van der Waals surface area contributed by atoms with Crippen molar-refractivity contribution in [2.45, 2.75) is 64.8 Å². The van der Waals surface area contributed by atoms with Crippen LogP contribution in [0.1, 0.15) is 59.3 Å². The second-order valence-corrected chi connectivity index (χ2v) is 6.90. The molecule has 18 heavy (non-hydrogen) atoms. The predicted molar refractivity (Wildman–Crippen MR) is 78.6 cm³/mol. The van der Waals surface area contributed by atoms with Gasteiger partial charge in [0, 0.05) is 18.6 Å². The number of hydrogen-bond donors (Lipinski definition) is 1. The minimum Gasteiger partial charge on any atom is -0.329 e. The third-order valence-electron chi connectivity index (χ3n) is 5.82. The summed E-state index contributed by atoms with van der Waals surface area (Å²) in [5.74, 6) is 2.56. The van der Waals surface area contributed by atoms with Gasteiger partial charge in [0.05, 0.1) is 0 Å². The van der Waals surface area contributed by atoms with Crippen LogP contribution in [-0.4, -0.2) is 30.1 Å². The Morgan fingerprint density at radius 2 is 2.06 bits per heavy atom. The van der Waals surface area contributed by atoms with Crippen molar-refractivity contribution in [2.75, 3.05) is 19.6 Å². The van der Waals surface area contributed by atoms with Crippen molar-refractivity contribution < 1.29 is 0 Å². The van der Waals surface area contributed by atoms with Gasteiger partial charge in [-0.2, -0.15) is 0 Å². The molecule has 2 aliphatic rings. The van der Waals surface area contributed by atoms with Crippen LogP contribution in [0.3, 0.4) is 0 Å². The average molecular weight is 252 g/mol. The molecule has 1 aliphatic carbocycles. The summed E-state index contributed by atoms with van der Waals surface area (Å²) in [7, 11) is 0. The summed E-state index contributed by atoms with van der Waals surface area (Å²) < 4.78 is 0. The van der Waals surface area contributed by atoms with Gasteiger partial charge in [-0.25, -0.2) is 0 Å². The van der Waals surface area contributed by atoms with E-state index < -0.39 is 0 Å². The Morgan fingerprint density at radius 3 is 2.61 bits per heavy atom. The Bertz CT molecular complexity index is 264. The molecule has 2 heteroatoms. The predicted octanol–water partition coefficient (Wildman–Crippen LogP) is 3.26. The van der Waals surface area contributed by atoms with Gasteiger partial charge in [0.2, 0.25) is 0 Å². The Balaban J connectivity index is 2.11. The Morgan fingerprint density at radius 1 is 1.28 bits per heavy atom. The van der Waals surface area contributed by atoms with Crippen LogP contribution in [0.15, 0.2) is 0 Å². The van der Waals surface area contributed by atoms with E-state index >= 15 is 0 Å². The first kappa shape index (κ1) is 14.3. The quantitative estimate of drug-likeness (QED) is 0.832. The largest absolute Gasteiger partial charge is 0.329 e. The lowest BCUT2D eigenvalue weighted by Crippen LogP contribution is -2.59. The molecule has 3 unspecified atom stereocenters. The lowest BCUT2D eigenvalue weighted by molar-refractivity contribution is 0.0175. The first-order valence-electron chi connectivity index (χ1n) is 8.09. The Hall–Kier alpha value is -0.0800. The van der Waals surface area contributed by atoms with Gasteiger partial charge in [0.25, 0.3) is 0 Å². The van der Waals surface area contributed by atoms with Gasteiger partial charge in [0.1, 0.15) is 0 Å². The second-order valence-electron chi connectivity index (χ2n) is 6.90. The molecular formula is C16H32N2. The van der Waals surface area contributed by atoms with Crippen LogP contribution in [0.25, 0.3) is 0 Å². The van der Waals surface area contributed by atoms with Crippen molar-refractivity contribution in [3.05, 3.63) is 0 Å². The molecule has 0 radical (unpaired) electrons. The molecule has 0 aromatic heterocycles. The highest BCUT2D eigenvalue weighted by molar-refractivity contribution is 5.02. The second kappa shape index (κ2) is 5.92. The molecule has 2 rings (SSSR count). The van der Waals surface area contributed by atoms with E-state index in [1.165, 1.54) is 51.6 Å². The Labute approximate surface area is 113 Å². The van der Waals surface area contributed by atoms with Crippen LogP contribution in [-0.2, 0) is 0 Å². The maximum Gasteiger partial charge on any atom is 0.0359 e. The molecular weight excluding hydrogens is 220 g/mol. The van der Waals surface area contributed by atoms with Gasteiger partial charge in [-0.15, -0.1) is 0 Å². The summed E-state index contributed by atoms with van der Waals surface area (Å²) in [5.41, 5.74) is 6.61. The van der Waals surface area contributed by atoms with Gasteiger partial charge >= 0.3 is 0 Å². The van der Waals surface area contributed by atoms with E-state index in [4.69, 9.17) is 5.73 Å². The molecule has 1 saturated carbocycles. The van der Waals surface area contributed by atoms with E-state index in [0.29, 0.717) is 5.54 Å². The fourth-order valence-corrected chi connectivity index (χ4v) is 4.43. The van der Waals surface area contributed by atoms with Crippen molar-refractivity contribution in [1.29, 1.82) is 0 Å². The molecule has 3 atom stereocenters. The fraction of sp³-hybridized carbons (Fsp3) is 1.00. The molecule has 1 heterocycles. The highest BCUT2D eigenvalue weighted by Gasteiger charge is 2.45. The summed E-state index contributed by atoms with van der Waals surface area (Å²) in [6.07, 6.45) is 8.23. The number of likely N-dealkylation sites (tertiary alicyclic amines) is 1. The minimum absolute atomic E-state index is 0.344. The lowest BCUT2D eigenvalue weighted by atomic mass is 9.70. The van der Waals surface area contributed by atoms with Crippen molar-refractivity contribution in [3.63, 3.8) is 0 Å². The summed E-state index contributed by atoms with van der Waals surface area (Å²) in [6.45, 7) is 10.6. The topological polar surface area (TPSA) is 29.3 Å². The lowest BCUT2D eigenvalue weighted by Gasteiger charge is -2.50. The van der Waals surface area contributed by atoms with Crippen LogP contribution < -0.4 is 5.73 Å². The third-order valence-corrected chi connectivity index (χ3v) is 5.82. The van der Waals surface area contributed by atoms with Crippen LogP contribution in [0.2, 0.25) is 0 Å². The highest BCUT2D eigenvalue weighted by Crippen LogP contribution is 2.42. The van der Waals surface area contributed by atoms with E-state index in [1.54, 1.807) is 0 Å². The highest BCUT2D eigenvalue weighted by atomic mass is 15.2. The van der Waals surface area contributed by atoms with Gasteiger partial charge < -0.3 is 5.73 Å². The van der Waals surface area contributed by atoms with Crippen LogP contribution in [0, 0.1) is 17.8 Å². The van der Waals surface area contributed by atoms with E-state index in [9.17, 15) is 0 Å². The zero-order chi connectivity index (χ0) is 13.2. The third kappa shape index (κ3) is 2.46. The standard InChI is InChI=1S/C16H32N2/c1-4-15-7-5-6-9-16(15,12-17)18-10-8-14(11-18)13(2)3/h13-15H,4-12,17H2,1-3H3. The molecule has 2 nitrogen and oxygen atoms in total. The summed E-state index contributed by atoms with van der Waals surface area (Å²) >= 11 is 0. The number of nitrogens with zero attached hydrogens (tertiary/aromatic N) is 1. The van der Waals surface area contributed by atoms with Gasteiger partial charge in [-0.05, 0) is 43.6 Å². The maximum absolute atomic E-state index is 6.26. The van der Waals surface area contributed by atoms with Crippen LogP contribution >= 0.6 is 0 Å². The molecule has 2 fully saturated rings. The maximum atomic E-state index is 6.26. The molecule has 106 valence electrons. The summed E-state index contributed by atoms with van der Waals surface area (Å²) in [5, 5.41) is 0. The van der Waals surface area contributed by atoms with E-state index in [1.807, 2.05) is 0 Å². The smallest absolute Gasteiger partial charge is 0.0359 e. The van der Waals surface area contributed by atoms with Gasteiger partial charge in [-0.1, -0.05) is 40.0 Å². The van der Waals surface area contributed by atoms with E-state index in [0.717, 1.165) is 24.3 Å². The van der Waals surface area contributed by atoms with Gasteiger partial charge in [-0.3, -0.25) is 4.90 Å². The fourth-order valence-electron chi connectivity index (χ4n) is 4.43. The molecule has 1 aliphatic heterocycles. The van der Waals surface area contributed by atoms with E-state index in [2.05, 4.69) is 25.7 Å². The summed E-state index contributed by atoms with van der Waals surface area (Å²) in [4.78, 5) is 2.78. The monoisotopic (exact) mass is 252 g/mol. The normalized spacial score (nSPS) is 38.5. The summed E-state index contributed by atoms with van der Waals surface area (Å²) in [6, 6.07) is 0. The molecule has 0 amide bonds. The molecule has 0 bridgehead atoms. The minimum atomic E-state index is 0.344. The first-order chi connectivity index (χ1) is 8.64. The average Bonchev–Trinajstić information content (AvgIpc) is 2.88. The van der Waals surface area contributed by atoms with Crippen LogP contribution in [0.5, 0.6) is 0 Å². The van der Waals surface area contributed by atoms with Crippen molar-refractivity contribution in [3.8, 4) is 0 Å². The molecule has 0 aromatic carbocycles.